The molecule has 2 rings (SSSR count). The van der Waals surface area contributed by atoms with Crippen LogP contribution in [0.25, 0.3) is 0 Å². The fourth-order valence-electron chi connectivity index (χ4n) is 1.92. The van der Waals surface area contributed by atoms with Crippen molar-refractivity contribution in [2.45, 2.75) is 25.0 Å². The van der Waals surface area contributed by atoms with E-state index in [9.17, 15) is 9.59 Å². The highest BCUT2D eigenvalue weighted by atomic mass is 35.5. The van der Waals surface area contributed by atoms with Crippen LogP contribution >= 0.6 is 11.6 Å². The van der Waals surface area contributed by atoms with E-state index in [1.165, 1.54) is 12.1 Å². The number of nitriles is 1. The van der Waals surface area contributed by atoms with E-state index < -0.39 is 24.1 Å². The number of carboxylic acids is 1. The summed E-state index contributed by atoms with van der Waals surface area (Å²) in [6, 6.07) is 6.42. The standard InChI is InChI=1S/C13H11ClN2O4/c14-9-2-1-8(5-7(9)6-15)16-12(17)10-3-4-11(20-10)13(18)19/h1-2,5,10-11H,3-4H2,(H,16,17)(H,18,19). The molecule has 1 aromatic rings. The Balaban J connectivity index is 2.02. The van der Waals surface area contributed by atoms with Gasteiger partial charge in [-0.25, -0.2) is 4.79 Å². The minimum Gasteiger partial charge on any atom is -0.479 e. The Morgan fingerprint density at radius 1 is 1.40 bits per heavy atom. The fourth-order valence-corrected chi connectivity index (χ4v) is 2.08. The van der Waals surface area contributed by atoms with Crippen molar-refractivity contribution in [1.29, 1.82) is 5.26 Å². The number of carboxylic acid groups (broad SMARTS) is 1. The number of ether oxygens (including phenoxy) is 1. The Bertz CT molecular complexity index is 597. The molecule has 2 N–H and O–H groups in total. The number of nitrogens with zero attached hydrogens (tertiary/aromatic N) is 1. The maximum absolute atomic E-state index is 11.9. The summed E-state index contributed by atoms with van der Waals surface area (Å²) in [5, 5.41) is 20.5. The molecule has 1 fully saturated rings. The van der Waals surface area contributed by atoms with Crippen molar-refractivity contribution in [1.82, 2.24) is 0 Å². The molecule has 6 nitrogen and oxygen atoms in total. The number of halogens is 1. The molecule has 1 aromatic carbocycles. The predicted octanol–water partition coefficient (Wildman–Crippen LogP) is 1.78. The molecule has 104 valence electrons. The molecule has 0 aliphatic carbocycles. The lowest BCUT2D eigenvalue weighted by Crippen LogP contribution is -2.29. The zero-order valence-electron chi connectivity index (χ0n) is 10.3. The van der Waals surface area contributed by atoms with Gasteiger partial charge in [0.05, 0.1) is 10.6 Å². The van der Waals surface area contributed by atoms with Crippen LogP contribution in [0, 0.1) is 11.3 Å². The van der Waals surface area contributed by atoms with Gasteiger partial charge in [-0.1, -0.05) is 11.6 Å². The van der Waals surface area contributed by atoms with Gasteiger partial charge in [0, 0.05) is 5.69 Å². The number of aliphatic carboxylic acids is 1. The highest BCUT2D eigenvalue weighted by molar-refractivity contribution is 6.31. The Hall–Kier alpha value is -2.10. The molecular weight excluding hydrogens is 284 g/mol. The summed E-state index contributed by atoms with van der Waals surface area (Å²) in [5.41, 5.74) is 0.665. The zero-order valence-corrected chi connectivity index (χ0v) is 11.1. The van der Waals surface area contributed by atoms with Gasteiger partial charge in [0.2, 0.25) is 0 Å². The maximum atomic E-state index is 11.9. The summed E-state index contributed by atoms with van der Waals surface area (Å²) in [7, 11) is 0. The fraction of sp³-hybridized carbons (Fsp3) is 0.308. The number of anilines is 1. The van der Waals surface area contributed by atoms with Gasteiger partial charge in [0.15, 0.2) is 6.10 Å². The molecule has 0 saturated carbocycles. The summed E-state index contributed by atoms with van der Waals surface area (Å²) < 4.78 is 5.13. The van der Waals surface area contributed by atoms with Crippen LogP contribution in [0.3, 0.4) is 0 Å². The van der Waals surface area contributed by atoms with Crippen molar-refractivity contribution in [2.75, 3.05) is 5.32 Å². The van der Waals surface area contributed by atoms with E-state index in [1.54, 1.807) is 6.07 Å². The lowest BCUT2D eigenvalue weighted by Gasteiger charge is -2.12. The monoisotopic (exact) mass is 294 g/mol. The minimum absolute atomic E-state index is 0.250. The van der Waals surface area contributed by atoms with Crippen molar-refractivity contribution >= 4 is 29.2 Å². The van der Waals surface area contributed by atoms with Crippen LogP contribution < -0.4 is 5.32 Å². The van der Waals surface area contributed by atoms with Crippen molar-refractivity contribution in [2.24, 2.45) is 0 Å². The van der Waals surface area contributed by atoms with Gasteiger partial charge in [-0.15, -0.1) is 0 Å². The van der Waals surface area contributed by atoms with E-state index in [1.807, 2.05) is 6.07 Å². The van der Waals surface area contributed by atoms with Crippen LogP contribution in [0.1, 0.15) is 18.4 Å². The summed E-state index contributed by atoms with van der Waals surface area (Å²) in [6.45, 7) is 0. The quantitative estimate of drug-likeness (QED) is 0.885. The van der Waals surface area contributed by atoms with Gasteiger partial charge in [-0.3, -0.25) is 4.79 Å². The number of nitrogens with one attached hydrogen (secondary N) is 1. The number of carbonyl (C=O) groups is 2. The Labute approximate surface area is 119 Å². The third-order valence-electron chi connectivity index (χ3n) is 2.94. The summed E-state index contributed by atoms with van der Waals surface area (Å²) in [4.78, 5) is 22.7. The molecule has 2 unspecified atom stereocenters. The topological polar surface area (TPSA) is 99.4 Å². The highest BCUT2D eigenvalue weighted by Crippen LogP contribution is 2.23. The maximum Gasteiger partial charge on any atom is 0.332 e. The van der Waals surface area contributed by atoms with Crippen molar-refractivity contribution in [3.8, 4) is 6.07 Å². The SMILES string of the molecule is N#Cc1cc(NC(=O)C2CCC(C(=O)O)O2)ccc1Cl. The molecule has 0 radical (unpaired) electrons. The normalized spacial score (nSPS) is 21.2. The average Bonchev–Trinajstić information content (AvgIpc) is 2.91. The molecule has 1 aliphatic heterocycles. The third kappa shape index (κ3) is 3.07. The van der Waals surface area contributed by atoms with E-state index in [2.05, 4.69) is 5.32 Å². The summed E-state index contributed by atoms with van der Waals surface area (Å²) in [6.07, 6.45) is -1.08. The molecule has 0 aromatic heterocycles. The smallest absolute Gasteiger partial charge is 0.332 e. The van der Waals surface area contributed by atoms with Crippen LogP contribution in [0.4, 0.5) is 5.69 Å². The Kier molecular flexibility index (Phi) is 4.23. The van der Waals surface area contributed by atoms with Gasteiger partial charge in [0.1, 0.15) is 12.2 Å². The van der Waals surface area contributed by atoms with Crippen molar-refractivity contribution in [3.63, 3.8) is 0 Å². The second kappa shape index (κ2) is 5.90. The average molecular weight is 295 g/mol. The van der Waals surface area contributed by atoms with Crippen molar-refractivity contribution < 1.29 is 19.4 Å². The molecule has 0 spiro atoms. The molecule has 1 saturated heterocycles. The first-order valence-electron chi connectivity index (χ1n) is 5.90. The molecular formula is C13H11ClN2O4. The van der Waals surface area contributed by atoms with Gasteiger partial charge in [-0.05, 0) is 31.0 Å². The largest absolute Gasteiger partial charge is 0.479 e. The van der Waals surface area contributed by atoms with Gasteiger partial charge >= 0.3 is 5.97 Å². The number of carbonyl (C=O) groups excluding carboxylic acids is 1. The summed E-state index contributed by atoms with van der Waals surface area (Å²) in [5.74, 6) is -1.50. The van der Waals surface area contributed by atoms with Crippen LogP contribution in [-0.4, -0.2) is 29.2 Å². The van der Waals surface area contributed by atoms with Crippen LogP contribution in [0.2, 0.25) is 5.02 Å². The number of amides is 1. The Morgan fingerprint density at radius 2 is 2.10 bits per heavy atom. The first kappa shape index (κ1) is 14.3. The van der Waals surface area contributed by atoms with Crippen LogP contribution in [-0.2, 0) is 14.3 Å². The van der Waals surface area contributed by atoms with Gasteiger partial charge in [-0.2, -0.15) is 5.26 Å². The molecule has 1 heterocycles. The van der Waals surface area contributed by atoms with Crippen molar-refractivity contribution in [3.05, 3.63) is 28.8 Å². The zero-order chi connectivity index (χ0) is 14.7. The molecule has 0 bridgehead atoms. The highest BCUT2D eigenvalue weighted by Gasteiger charge is 2.34. The Morgan fingerprint density at radius 3 is 2.70 bits per heavy atom. The molecule has 7 heteroatoms. The number of benzene rings is 1. The van der Waals surface area contributed by atoms with Gasteiger partial charge < -0.3 is 15.2 Å². The first-order valence-corrected chi connectivity index (χ1v) is 6.28. The number of hydrogen-bond acceptors (Lipinski definition) is 4. The van der Waals surface area contributed by atoms with E-state index in [0.29, 0.717) is 23.6 Å². The molecule has 1 aliphatic rings. The van der Waals surface area contributed by atoms with E-state index in [0.717, 1.165) is 0 Å². The first-order chi connectivity index (χ1) is 9.51. The molecule has 20 heavy (non-hydrogen) atoms. The second-order valence-electron chi connectivity index (χ2n) is 4.32. The van der Waals surface area contributed by atoms with Crippen LogP contribution in [0.5, 0.6) is 0 Å². The lowest BCUT2D eigenvalue weighted by molar-refractivity contribution is -0.150. The third-order valence-corrected chi connectivity index (χ3v) is 3.27. The van der Waals surface area contributed by atoms with E-state index >= 15 is 0 Å². The number of hydrogen-bond donors (Lipinski definition) is 2. The number of rotatable bonds is 3. The minimum atomic E-state index is -1.07. The van der Waals surface area contributed by atoms with Gasteiger partial charge in [0.25, 0.3) is 5.91 Å². The van der Waals surface area contributed by atoms with E-state index in [-0.39, 0.29) is 5.56 Å². The molecule has 1 amide bonds. The summed E-state index contributed by atoms with van der Waals surface area (Å²) >= 11 is 5.79. The lowest BCUT2D eigenvalue weighted by atomic mass is 10.1. The second-order valence-corrected chi connectivity index (χ2v) is 4.73. The van der Waals surface area contributed by atoms with E-state index in [4.69, 9.17) is 26.7 Å². The predicted molar refractivity (Wildman–Crippen MR) is 70.3 cm³/mol. The van der Waals surface area contributed by atoms with Crippen LogP contribution in [0.15, 0.2) is 18.2 Å². The molecule has 2 atom stereocenters.